The van der Waals surface area contributed by atoms with E-state index in [9.17, 15) is 0 Å². The van der Waals surface area contributed by atoms with Crippen LogP contribution in [0.25, 0.3) is 0 Å². The molecule has 0 bridgehead atoms. The van der Waals surface area contributed by atoms with Crippen molar-refractivity contribution in [3.63, 3.8) is 0 Å². The van der Waals surface area contributed by atoms with Gasteiger partial charge in [-0.15, -0.1) is 0 Å². The van der Waals surface area contributed by atoms with Crippen LogP contribution in [-0.2, 0) is 4.74 Å². The number of guanidine groups is 1. The summed E-state index contributed by atoms with van der Waals surface area (Å²) in [4.78, 5) is 8.77. The summed E-state index contributed by atoms with van der Waals surface area (Å²) in [7, 11) is 9.89. The summed E-state index contributed by atoms with van der Waals surface area (Å²) in [5.41, 5.74) is -0.00271. The van der Waals surface area contributed by atoms with Crippen molar-refractivity contribution in [2.45, 2.75) is 31.3 Å². The number of aliphatic imine (C=N–C) groups is 1. The van der Waals surface area contributed by atoms with Gasteiger partial charge in [-0.1, -0.05) is 12.8 Å². The summed E-state index contributed by atoms with van der Waals surface area (Å²) in [6.07, 6.45) is 4.81. The smallest absolute Gasteiger partial charge is 0.195 e. The molecule has 1 aliphatic rings. The first-order chi connectivity index (χ1) is 7.51. The van der Waals surface area contributed by atoms with Crippen molar-refractivity contribution in [3.8, 4) is 0 Å². The van der Waals surface area contributed by atoms with Crippen molar-refractivity contribution in [2.24, 2.45) is 4.99 Å². The highest BCUT2D eigenvalue weighted by Gasteiger charge is 2.33. The van der Waals surface area contributed by atoms with E-state index in [2.05, 4.69) is 0 Å². The van der Waals surface area contributed by atoms with Crippen LogP contribution >= 0.6 is 0 Å². The molecule has 0 atom stereocenters. The number of hydrogen-bond donors (Lipinski definition) is 0. The van der Waals surface area contributed by atoms with Crippen LogP contribution in [0.2, 0.25) is 0 Å². The molecule has 0 unspecified atom stereocenters. The van der Waals surface area contributed by atoms with Gasteiger partial charge in [0, 0.05) is 35.3 Å². The maximum absolute atomic E-state index is 5.66. The molecule has 0 aliphatic heterocycles. The van der Waals surface area contributed by atoms with Crippen molar-refractivity contribution in [2.75, 3.05) is 41.8 Å². The Morgan fingerprint density at radius 1 is 1.12 bits per heavy atom. The van der Waals surface area contributed by atoms with Gasteiger partial charge in [-0.25, -0.2) is 4.99 Å². The zero-order chi connectivity index (χ0) is 12.2. The maximum atomic E-state index is 5.66. The Morgan fingerprint density at radius 3 is 2.00 bits per heavy atom. The molecule has 0 saturated heterocycles. The van der Waals surface area contributed by atoms with Crippen molar-refractivity contribution in [1.29, 1.82) is 0 Å². The minimum Gasteiger partial charge on any atom is -0.376 e. The number of hydrogen-bond acceptors (Lipinski definition) is 2. The van der Waals surface area contributed by atoms with Crippen LogP contribution in [0.5, 0.6) is 0 Å². The molecule has 4 nitrogen and oxygen atoms in total. The van der Waals surface area contributed by atoms with Gasteiger partial charge in [-0.3, -0.25) is 0 Å². The molecule has 16 heavy (non-hydrogen) atoms. The molecular formula is C12H25N3O. The summed E-state index contributed by atoms with van der Waals surface area (Å²) in [5, 5.41) is 0. The molecule has 94 valence electrons. The van der Waals surface area contributed by atoms with E-state index in [1.165, 1.54) is 12.8 Å². The molecule has 1 saturated carbocycles. The van der Waals surface area contributed by atoms with E-state index in [-0.39, 0.29) is 5.60 Å². The summed E-state index contributed by atoms with van der Waals surface area (Å²) >= 11 is 0. The Kier molecular flexibility index (Phi) is 4.59. The third kappa shape index (κ3) is 3.11. The lowest BCUT2D eigenvalue weighted by Crippen LogP contribution is -2.38. The minimum atomic E-state index is -0.00271. The molecule has 0 aromatic rings. The first-order valence-electron chi connectivity index (χ1n) is 5.95. The quantitative estimate of drug-likeness (QED) is 0.539. The molecule has 1 rings (SSSR count). The van der Waals surface area contributed by atoms with Gasteiger partial charge in [-0.05, 0) is 12.8 Å². The Balaban J connectivity index is 2.67. The molecular weight excluding hydrogens is 202 g/mol. The zero-order valence-electron chi connectivity index (χ0n) is 11.3. The first kappa shape index (κ1) is 13.3. The van der Waals surface area contributed by atoms with E-state index in [0.29, 0.717) is 0 Å². The third-order valence-electron chi connectivity index (χ3n) is 3.26. The van der Waals surface area contributed by atoms with Crippen molar-refractivity contribution in [3.05, 3.63) is 0 Å². The lowest BCUT2D eigenvalue weighted by molar-refractivity contribution is 0.00396. The Bertz CT molecular complexity index is 233. The van der Waals surface area contributed by atoms with E-state index < -0.39 is 0 Å². The number of nitrogens with zero attached hydrogens (tertiary/aromatic N) is 3. The van der Waals surface area contributed by atoms with Crippen LogP contribution in [0.4, 0.5) is 0 Å². The normalized spacial score (nSPS) is 18.3. The Hall–Kier alpha value is -0.770. The van der Waals surface area contributed by atoms with Gasteiger partial charge in [0.05, 0.1) is 12.1 Å². The van der Waals surface area contributed by atoms with Gasteiger partial charge < -0.3 is 14.5 Å². The molecule has 0 amide bonds. The van der Waals surface area contributed by atoms with Gasteiger partial charge in [0.2, 0.25) is 0 Å². The Labute approximate surface area is 99.3 Å². The SMILES string of the molecule is COC1(CN=C(N(C)C)N(C)C)CCCC1. The van der Waals surface area contributed by atoms with Crippen LogP contribution in [0, 0.1) is 0 Å². The zero-order valence-corrected chi connectivity index (χ0v) is 11.3. The van der Waals surface area contributed by atoms with Crippen LogP contribution in [-0.4, -0.2) is 63.2 Å². The molecule has 0 heterocycles. The van der Waals surface area contributed by atoms with Gasteiger partial charge in [0.15, 0.2) is 5.96 Å². The summed E-state index contributed by atoms with van der Waals surface area (Å²) in [6.45, 7) is 0.773. The van der Waals surface area contributed by atoms with E-state index in [1.54, 1.807) is 0 Å². The number of rotatable bonds is 3. The lowest BCUT2D eigenvalue weighted by atomic mass is 10.0. The van der Waals surface area contributed by atoms with Crippen molar-refractivity contribution < 1.29 is 4.74 Å². The van der Waals surface area contributed by atoms with Gasteiger partial charge in [-0.2, -0.15) is 0 Å². The average Bonchev–Trinajstić information content (AvgIpc) is 2.66. The molecule has 0 spiro atoms. The van der Waals surface area contributed by atoms with Crippen LogP contribution in [0.1, 0.15) is 25.7 Å². The van der Waals surface area contributed by atoms with Crippen LogP contribution in [0.3, 0.4) is 0 Å². The lowest BCUT2D eigenvalue weighted by Gasteiger charge is -2.28. The molecule has 0 radical (unpaired) electrons. The first-order valence-corrected chi connectivity index (χ1v) is 5.95. The predicted octanol–water partition coefficient (Wildman–Crippen LogP) is 1.42. The molecule has 0 aromatic heterocycles. The van der Waals surface area contributed by atoms with E-state index in [1.807, 2.05) is 45.1 Å². The fourth-order valence-corrected chi connectivity index (χ4v) is 2.34. The highest BCUT2D eigenvalue weighted by atomic mass is 16.5. The number of methoxy groups -OCH3 is 1. The second kappa shape index (κ2) is 5.53. The molecule has 0 N–H and O–H groups in total. The largest absolute Gasteiger partial charge is 0.376 e. The van der Waals surface area contributed by atoms with Gasteiger partial charge in [0.25, 0.3) is 0 Å². The van der Waals surface area contributed by atoms with Gasteiger partial charge >= 0.3 is 0 Å². The maximum Gasteiger partial charge on any atom is 0.195 e. The fraction of sp³-hybridized carbons (Fsp3) is 0.917. The molecule has 0 aromatic carbocycles. The van der Waals surface area contributed by atoms with Crippen molar-refractivity contribution >= 4 is 5.96 Å². The average molecular weight is 227 g/mol. The second-order valence-corrected chi connectivity index (χ2v) is 5.00. The fourth-order valence-electron chi connectivity index (χ4n) is 2.34. The monoisotopic (exact) mass is 227 g/mol. The second-order valence-electron chi connectivity index (χ2n) is 5.00. The molecule has 1 aliphatic carbocycles. The summed E-state index contributed by atoms with van der Waals surface area (Å²) < 4.78 is 5.66. The topological polar surface area (TPSA) is 28.1 Å². The third-order valence-corrected chi connectivity index (χ3v) is 3.26. The highest BCUT2D eigenvalue weighted by molar-refractivity contribution is 5.79. The summed E-state index contributed by atoms with van der Waals surface area (Å²) in [6, 6.07) is 0. The van der Waals surface area contributed by atoms with E-state index in [4.69, 9.17) is 9.73 Å². The predicted molar refractivity (Wildman–Crippen MR) is 67.9 cm³/mol. The van der Waals surface area contributed by atoms with Gasteiger partial charge in [0.1, 0.15) is 0 Å². The Morgan fingerprint density at radius 2 is 1.62 bits per heavy atom. The van der Waals surface area contributed by atoms with E-state index >= 15 is 0 Å². The molecule has 1 fully saturated rings. The highest BCUT2D eigenvalue weighted by Crippen LogP contribution is 2.32. The van der Waals surface area contributed by atoms with Crippen molar-refractivity contribution in [1.82, 2.24) is 9.80 Å². The minimum absolute atomic E-state index is 0.00271. The van der Waals surface area contributed by atoms with Crippen LogP contribution < -0.4 is 0 Å². The number of ether oxygens (including phenoxy) is 1. The standard InChI is InChI=1S/C12H25N3O/c1-14(2)11(15(3)4)13-10-12(16-5)8-6-7-9-12/h6-10H2,1-5H3. The molecule has 4 heteroatoms. The summed E-state index contributed by atoms with van der Waals surface area (Å²) in [5.74, 6) is 1.00. The van der Waals surface area contributed by atoms with E-state index in [0.717, 1.165) is 25.3 Å². The van der Waals surface area contributed by atoms with Crippen LogP contribution in [0.15, 0.2) is 4.99 Å².